The second kappa shape index (κ2) is 12.2. The molecule has 1 amide bonds. The Balaban J connectivity index is 1.76. The number of methoxy groups -OCH3 is 1. The molecule has 1 heterocycles. The van der Waals surface area contributed by atoms with E-state index in [-0.39, 0.29) is 18.1 Å². The number of hydrogen-bond acceptors (Lipinski definition) is 5. The summed E-state index contributed by atoms with van der Waals surface area (Å²) in [6.07, 6.45) is 0.620. The predicted octanol–water partition coefficient (Wildman–Crippen LogP) is 5.66. The van der Waals surface area contributed by atoms with Crippen molar-refractivity contribution in [3.63, 3.8) is 0 Å². The molecular weight excluding hydrogens is 502 g/mol. The number of amides is 1. The molecule has 0 spiro atoms. The van der Waals surface area contributed by atoms with Crippen molar-refractivity contribution in [3.05, 3.63) is 99.1 Å². The molecule has 8 heteroatoms. The fourth-order valence-electron chi connectivity index (χ4n) is 4.36. The average molecular weight is 534 g/mol. The number of aromatic nitrogens is 2. The fraction of sp³-hybridized carbons (Fsp3) is 0.300. The normalized spacial score (nSPS) is 11.9. The molecule has 4 rings (SSSR count). The van der Waals surface area contributed by atoms with Gasteiger partial charge in [-0.1, -0.05) is 29.8 Å². The number of benzene rings is 3. The van der Waals surface area contributed by atoms with Gasteiger partial charge in [0.15, 0.2) is 6.61 Å². The van der Waals surface area contributed by atoms with Gasteiger partial charge in [-0.25, -0.2) is 4.98 Å². The quantitative estimate of drug-likeness (QED) is 0.246. The van der Waals surface area contributed by atoms with Crippen molar-refractivity contribution in [3.8, 4) is 11.4 Å². The van der Waals surface area contributed by atoms with E-state index in [1.54, 1.807) is 46.9 Å². The third-order valence-electron chi connectivity index (χ3n) is 6.64. The molecule has 7 nitrogen and oxygen atoms in total. The summed E-state index contributed by atoms with van der Waals surface area (Å²) in [7, 11) is 1.63. The van der Waals surface area contributed by atoms with Crippen molar-refractivity contribution < 1.29 is 14.3 Å². The maximum atomic E-state index is 13.8. The SMILES string of the molecule is COCCCN(C(=O)COc1ccc(Cl)cc1)C(C)c1nc2ccccc2c(=O)n1-c1ccc(C)c(C)c1. The van der Waals surface area contributed by atoms with E-state index in [1.807, 2.05) is 57.2 Å². The molecule has 0 radical (unpaired) electrons. The number of halogens is 1. The largest absolute Gasteiger partial charge is 0.484 e. The van der Waals surface area contributed by atoms with Crippen molar-refractivity contribution >= 4 is 28.4 Å². The van der Waals surface area contributed by atoms with E-state index in [0.717, 1.165) is 11.1 Å². The Kier molecular flexibility index (Phi) is 8.81. The van der Waals surface area contributed by atoms with Crippen LogP contribution in [-0.4, -0.2) is 47.2 Å². The summed E-state index contributed by atoms with van der Waals surface area (Å²) in [5.74, 6) is 0.801. The molecule has 1 aromatic heterocycles. The number of ether oxygens (including phenoxy) is 2. The predicted molar refractivity (Wildman–Crippen MR) is 150 cm³/mol. The first-order valence-electron chi connectivity index (χ1n) is 12.6. The molecule has 0 fully saturated rings. The number of fused-ring (bicyclic) bond motifs is 1. The topological polar surface area (TPSA) is 73.7 Å². The zero-order valence-electron chi connectivity index (χ0n) is 22.1. The zero-order valence-corrected chi connectivity index (χ0v) is 22.9. The van der Waals surface area contributed by atoms with Crippen LogP contribution in [0.5, 0.6) is 5.75 Å². The van der Waals surface area contributed by atoms with Gasteiger partial charge in [0.1, 0.15) is 11.6 Å². The molecule has 38 heavy (non-hydrogen) atoms. The van der Waals surface area contributed by atoms with Gasteiger partial charge in [0, 0.05) is 25.3 Å². The van der Waals surface area contributed by atoms with Crippen LogP contribution < -0.4 is 10.3 Å². The van der Waals surface area contributed by atoms with Crippen LogP contribution in [0.25, 0.3) is 16.6 Å². The van der Waals surface area contributed by atoms with E-state index >= 15 is 0 Å². The zero-order chi connectivity index (χ0) is 27.2. The first-order chi connectivity index (χ1) is 18.3. The van der Waals surface area contributed by atoms with Gasteiger partial charge in [-0.3, -0.25) is 14.2 Å². The summed E-state index contributed by atoms with van der Waals surface area (Å²) in [4.78, 5) is 33.9. The number of aryl methyl sites for hydroxylation is 2. The minimum Gasteiger partial charge on any atom is -0.484 e. The van der Waals surface area contributed by atoms with Crippen molar-refractivity contribution in [2.24, 2.45) is 0 Å². The van der Waals surface area contributed by atoms with E-state index in [4.69, 9.17) is 26.1 Å². The first-order valence-corrected chi connectivity index (χ1v) is 12.9. The Labute approximate surface area is 227 Å². The van der Waals surface area contributed by atoms with Crippen LogP contribution in [0.15, 0.2) is 71.5 Å². The van der Waals surface area contributed by atoms with Crippen LogP contribution >= 0.6 is 11.6 Å². The standard InChI is InChI=1S/C30H32ClN3O4/c1-20-10-13-24(18-21(20)2)34-29(32-27-9-6-5-8-26(27)30(34)36)22(3)33(16-7-17-37-4)28(35)19-38-25-14-11-23(31)12-15-25/h5-6,8-15,18,22H,7,16-17,19H2,1-4H3. The van der Waals surface area contributed by atoms with Crippen molar-refractivity contribution in [2.45, 2.75) is 33.2 Å². The summed E-state index contributed by atoms with van der Waals surface area (Å²) in [5.41, 5.74) is 3.30. The third kappa shape index (κ3) is 6.06. The average Bonchev–Trinajstić information content (AvgIpc) is 2.92. The molecular formula is C30H32ClN3O4. The van der Waals surface area contributed by atoms with Crippen LogP contribution in [-0.2, 0) is 9.53 Å². The lowest BCUT2D eigenvalue weighted by atomic mass is 10.1. The second-order valence-electron chi connectivity index (χ2n) is 9.25. The van der Waals surface area contributed by atoms with Gasteiger partial charge in [0.2, 0.25) is 0 Å². The Morgan fingerprint density at radius 2 is 1.79 bits per heavy atom. The van der Waals surface area contributed by atoms with Crippen LogP contribution in [0.2, 0.25) is 5.02 Å². The number of hydrogen-bond donors (Lipinski definition) is 0. The molecule has 0 aliphatic carbocycles. The number of rotatable bonds is 10. The number of nitrogens with zero attached hydrogens (tertiary/aromatic N) is 3. The van der Waals surface area contributed by atoms with Gasteiger partial charge in [-0.2, -0.15) is 0 Å². The smallest absolute Gasteiger partial charge is 0.266 e. The van der Waals surface area contributed by atoms with Gasteiger partial charge >= 0.3 is 0 Å². The summed E-state index contributed by atoms with van der Waals surface area (Å²) in [6, 6.07) is 19.5. The van der Waals surface area contributed by atoms with Gasteiger partial charge in [0.25, 0.3) is 11.5 Å². The minimum atomic E-state index is -0.521. The molecule has 0 saturated carbocycles. The molecule has 0 bridgehead atoms. The van der Waals surface area contributed by atoms with E-state index in [1.165, 1.54) is 0 Å². The second-order valence-corrected chi connectivity index (χ2v) is 9.68. The van der Waals surface area contributed by atoms with E-state index in [9.17, 15) is 9.59 Å². The molecule has 3 aromatic carbocycles. The lowest BCUT2D eigenvalue weighted by molar-refractivity contribution is -0.136. The molecule has 1 atom stereocenters. The monoisotopic (exact) mass is 533 g/mol. The molecule has 198 valence electrons. The van der Waals surface area contributed by atoms with E-state index in [2.05, 4.69) is 0 Å². The maximum absolute atomic E-state index is 13.8. The molecule has 0 aliphatic rings. The Hall–Kier alpha value is -3.68. The number of para-hydroxylation sites is 1. The summed E-state index contributed by atoms with van der Waals surface area (Å²) in [5, 5.41) is 1.11. The summed E-state index contributed by atoms with van der Waals surface area (Å²) in [6.45, 7) is 6.66. The maximum Gasteiger partial charge on any atom is 0.266 e. The Morgan fingerprint density at radius 3 is 2.50 bits per heavy atom. The number of carbonyl (C=O) groups is 1. The van der Waals surface area contributed by atoms with Gasteiger partial charge in [-0.05, 0) is 86.8 Å². The van der Waals surface area contributed by atoms with Crippen molar-refractivity contribution in [2.75, 3.05) is 26.9 Å². The van der Waals surface area contributed by atoms with E-state index < -0.39 is 6.04 Å². The third-order valence-corrected chi connectivity index (χ3v) is 6.89. The van der Waals surface area contributed by atoms with Crippen LogP contribution in [0.4, 0.5) is 0 Å². The first kappa shape index (κ1) is 27.4. The van der Waals surface area contributed by atoms with Crippen LogP contribution in [0.3, 0.4) is 0 Å². The van der Waals surface area contributed by atoms with Crippen LogP contribution in [0.1, 0.15) is 36.3 Å². The molecule has 0 saturated heterocycles. The Morgan fingerprint density at radius 1 is 1.05 bits per heavy atom. The molecule has 4 aromatic rings. The summed E-state index contributed by atoms with van der Waals surface area (Å²) >= 11 is 5.97. The van der Waals surface area contributed by atoms with Crippen molar-refractivity contribution in [1.29, 1.82) is 0 Å². The van der Waals surface area contributed by atoms with Gasteiger partial charge in [-0.15, -0.1) is 0 Å². The molecule has 1 unspecified atom stereocenters. The lowest BCUT2D eigenvalue weighted by Crippen LogP contribution is -2.40. The highest BCUT2D eigenvalue weighted by molar-refractivity contribution is 6.30. The van der Waals surface area contributed by atoms with Gasteiger partial charge < -0.3 is 14.4 Å². The van der Waals surface area contributed by atoms with E-state index in [0.29, 0.717) is 52.8 Å². The fourth-order valence-corrected chi connectivity index (χ4v) is 4.48. The highest BCUT2D eigenvalue weighted by Gasteiger charge is 2.27. The number of carbonyl (C=O) groups excluding carboxylic acids is 1. The molecule has 0 aliphatic heterocycles. The van der Waals surface area contributed by atoms with Gasteiger partial charge in [0.05, 0.1) is 22.6 Å². The van der Waals surface area contributed by atoms with Crippen molar-refractivity contribution in [1.82, 2.24) is 14.5 Å². The Bertz CT molecular complexity index is 1480. The highest BCUT2D eigenvalue weighted by atomic mass is 35.5. The lowest BCUT2D eigenvalue weighted by Gasteiger charge is -2.30. The minimum absolute atomic E-state index is 0.166. The summed E-state index contributed by atoms with van der Waals surface area (Å²) < 4.78 is 12.6. The highest BCUT2D eigenvalue weighted by Crippen LogP contribution is 2.25. The molecule has 0 N–H and O–H groups in total. The van der Waals surface area contributed by atoms with Crippen LogP contribution in [0, 0.1) is 13.8 Å².